The second kappa shape index (κ2) is 10.5. The summed E-state index contributed by atoms with van der Waals surface area (Å²) < 4.78 is 12.8. The third kappa shape index (κ3) is 4.73. The highest BCUT2D eigenvalue weighted by Gasteiger charge is 2.44. The maximum atomic E-state index is 14.8. The SMILES string of the molecule is CC1(C)Cc2cc(C3C(=O)N(C(c4ccccc4)c4ccccc4)c4ccccc43)c(OCc3ccccc3)cc2O1. The van der Waals surface area contributed by atoms with Crippen LogP contribution in [0.25, 0.3) is 0 Å². The number of carbonyl (C=O) groups is 1. The lowest BCUT2D eigenvalue weighted by atomic mass is 9.89. The van der Waals surface area contributed by atoms with Crippen molar-refractivity contribution in [3.63, 3.8) is 0 Å². The number of nitrogens with zero attached hydrogens (tertiary/aromatic N) is 1. The Bertz CT molecular complexity index is 1690. The predicted molar refractivity (Wildman–Crippen MR) is 166 cm³/mol. The molecule has 0 aromatic heterocycles. The van der Waals surface area contributed by atoms with Gasteiger partial charge in [-0.1, -0.05) is 109 Å². The lowest BCUT2D eigenvalue weighted by Gasteiger charge is -2.30. The summed E-state index contributed by atoms with van der Waals surface area (Å²) in [4.78, 5) is 16.8. The minimum Gasteiger partial charge on any atom is -0.488 e. The molecule has 0 fully saturated rings. The van der Waals surface area contributed by atoms with E-state index in [2.05, 4.69) is 68.4 Å². The number of carbonyl (C=O) groups excluding carboxylic acids is 1. The largest absolute Gasteiger partial charge is 0.488 e. The molecule has 7 rings (SSSR count). The van der Waals surface area contributed by atoms with Crippen LogP contribution in [0.2, 0.25) is 0 Å². The highest BCUT2D eigenvalue weighted by atomic mass is 16.5. The molecule has 4 nitrogen and oxygen atoms in total. The third-order valence-electron chi connectivity index (χ3n) is 8.22. The van der Waals surface area contributed by atoms with Gasteiger partial charge in [-0.3, -0.25) is 9.69 Å². The highest BCUT2D eigenvalue weighted by Crippen LogP contribution is 2.50. The zero-order valence-electron chi connectivity index (χ0n) is 23.9. The first-order valence-electron chi connectivity index (χ1n) is 14.5. The van der Waals surface area contributed by atoms with Gasteiger partial charge in [0.15, 0.2) is 0 Å². The van der Waals surface area contributed by atoms with E-state index >= 15 is 0 Å². The van der Waals surface area contributed by atoms with Gasteiger partial charge < -0.3 is 9.47 Å². The summed E-state index contributed by atoms with van der Waals surface area (Å²) in [6, 6.07) is 42.7. The molecule has 2 aliphatic heterocycles. The van der Waals surface area contributed by atoms with Crippen LogP contribution in [0.15, 0.2) is 127 Å². The van der Waals surface area contributed by atoms with Crippen molar-refractivity contribution in [1.29, 1.82) is 0 Å². The summed E-state index contributed by atoms with van der Waals surface area (Å²) in [5.41, 5.74) is 6.79. The molecule has 2 aliphatic rings. The van der Waals surface area contributed by atoms with E-state index in [-0.39, 0.29) is 17.6 Å². The maximum absolute atomic E-state index is 14.8. The maximum Gasteiger partial charge on any atom is 0.240 e. The van der Waals surface area contributed by atoms with E-state index in [1.165, 1.54) is 0 Å². The Hall–Kier alpha value is -4.83. The number of fused-ring (bicyclic) bond motifs is 2. The van der Waals surface area contributed by atoms with Crippen LogP contribution in [0.5, 0.6) is 11.5 Å². The van der Waals surface area contributed by atoms with Gasteiger partial charge in [0.1, 0.15) is 23.7 Å². The van der Waals surface area contributed by atoms with Crippen LogP contribution < -0.4 is 14.4 Å². The fraction of sp³-hybridized carbons (Fsp3) is 0.184. The minimum absolute atomic E-state index is 0.0385. The number of hydrogen-bond acceptors (Lipinski definition) is 3. The zero-order chi connectivity index (χ0) is 28.7. The highest BCUT2D eigenvalue weighted by molar-refractivity contribution is 6.08. The number of ether oxygens (including phenoxy) is 2. The molecule has 42 heavy (non-hydrogen) atoms. The van der Waals surface area contributed by atoms with Crippen molar-refractivity contribution in [2.45, 2.75) is 44.4 Å². The van der Waals surface area contributed by atoms with Crippen LogP contribution in [0, 0.1) is 0 Å². The summed E-state index contributed by atoms with van der Waals surface area (Å²) in [5, 5.41) is 0. The van der Waals surface area contributed by atoms with Crippen molar-refractivity contribution in [2.75, 3.05) is 4.90 Å². The molecule has 208 valence electrons. The molecule has 4 heteroatoms. The molecular formula is C38H33NO3. The second-order valence-corrected chi connectivity index (χ2v) is 11.7. The Morgan fingerprint density at radius 1 is 0.786 bits per heavy atom. The lowest BCUT2D eigenvalue weighted by Crippen LogP contribution is -2.34. The average Bonchev–Trinajstić information content (AvgIpc) is 3.48. The first-order chi connectivity index (χ1) is 20.5. The lowest BCUT2D eigenvalue weighted by molar-refractivity contribution is -0.118. The molecule has 1 amide bonds. The molecule has 0 aliphatic carbocycles. The summed E-state index contributed by atoms with van der Waals surface area (Å²) in [6.45, 7) is 4.59. The van der Waals surface area contributed by atoms with E-state index in [1.54, 1.807) is 0 Å². The Morgan fingerprint density at radius 2 is 1.38 bits per heavy atom. The Morgan fingerprint density at radius 3 is 2.05 bits per heavy atom. The van der Waals surface area contributed by atoms with Crippen molar-refractivity contribution in [3.8, 4) is 11.5 Å². The van der Waals surface area contributed by atoms with Crippen molar-refractivity contribution < 1.29 is 14.3 Å². The summed E-state index contributed by atoms with van der Waals surface area (Å²) in [6.07, 6.45) is 0.775. The van der Waals surface area contributed by atoms with Crippen LogP contribution in [-0.4, -0.2) is 11.5 Å². The third-order valence-corrected chi connectivity index (χ3v) is 8.22. The zero-order valence-corrected chi connectivity index (χ0v) is 23.9. The number of anilines is 1. The number of amides is 1. The number of rotatable bonds is 7. The van der Waals surface area contributed by atoms with E-state index < -0.39 is 5.92 Å². The number of benzene rings is 5. The van der Waals surface area contributed by atoms with Crippen LogP contribution in [-0.2, 0) is 17.8 Å². The molecule has 0 N–H and O–H groups in total. The number of para-hydroxylation sites is 1. The smallest absolute Gasteiger partial charge is 0.240 e. The Labute approximate surface area is 247 Å². The normalized spacial score (nSPS) is 16.7. The summed E-state index contributed by atoms with van der Waals surface area (Å²) in [5.74, 6) is 1.04. The molecule has 1 atom stereocenters. The van der Waals surface area contributed by atoms with Crippen LogP contribution in [0.1, 0.15) is 59.2 Å². The first-order valence-corrected chi connectivity index (χ1v) is 14.5. The standard InChI is InChI=1S/C38H33NO3/c1-38(2)24-29-22-31(34(23-33(29)42-38)41-25-26-14-6-3-7-15-26)35-30-20-12-13-21-32(30)39(37(35)40)36(27-16-8-4-9-17-27)28-18-10-5-11-19-28/h3-23,35-36H,24-25H2,1-2H3. The Balaban J connectivity index is 1.36. The van der Waals surface area contributed by atoms with E-state index in [0.717, 1.165) is 51.2 Å². The fourth-order valence-corrected chi connectivity index (χ4v) is 6.41. The summed E-state index contributed by atoms with van der Waals surface area (Å²) >= 11 is 0. The van der Waals surface area contributed by atoms with Crippen LogP contribution in [0.4, 0.5) is 5.69 Å². The van der Waals surface area contributed by atoms with Crippen LogP contribution in [0.3, 0.4) is 0 Å². The molecule has 1 unspecified atom stereocenters. The topological polar surface area (TPSA) is 38.8 Å². The molecule has 0 saturated carbocycles. The van der Waals surface area contributed by atoms with E-state index in [9.17, 15) is 4.79 Å². The predicted octanol–water partition coefficient (Wildman–Crippen LogP) is 8.25. The van der Waals surface area contributed by atoms with Gasteiger partial charge >= 0.3 is 0 Å². The van der Waals surface area contributed by atoms with Gasteiger partial charge in [-0.25, -0.2) is 0 Å². The van der Waals surface area contributed by atoms with E-state index in [1.807, 2.05) is 77.7 Å². The van der Waals surface area contributed by atoms with E-state index in [4.69, 9.17) is 9.47 Å². The quantitative estimate of drug-likeness (QED) is 0.204. The number of hydrogen-bond donors (Lipinski definition) is 0. The Kier molecular flexibility index (Phi) is 6.54. The fourth-order valence-electron chi connectivity index (χ4n) is 6.41. The molecule has 0 bridgehead atoms. The second-order valence-electron chi connectivity index (χ2n) is 11.7. The first kappa shape index (κ1) is 26.1. The van der Waals surface area contributed by atoms with Crippen molar-refractivity contribution in [1.82, 2.24) is 0 Å². The van der Waals surface area contributed by atoms with Gasteiger partial charge in [0.25, 0.3) is 0 Å². The molecule has 5 aromatic carbocycles. The van der Waals surface area contributed by atoms with Gasteiger partial charge in [-0.05, 0) is 53.8 Å². The van der Waals surface area contributed by atoms with Gasteiger partial charge in [0.2, 0.25) is 5.91 Å². The van der Waals surface area contributed by atoms with Crippen molar-refractivity contribution in [3.05, 3.63) is 161 Å². The molecule has 0 saturated heterocycles. The molecular weight excluding hydrogens is 518 g/mol. The van der Waals surface area contributed by atoms with E-state index in [0.29, 0.717) is 12.4 Å². The van der Waals surface area contributed by atoms with Gasteiger partial charge in [-0.2, -0.15) is 0 Å². The minimum atomic E-state index is -0.504. The van der Waals surface area contributed by atoms with Crippen molar-refractivity contribution in [2.24, 2.45) is 0 Å². The monoisotopic (exact) mass is 551 g/mol. The van der Waals surface area contributed by atoms with Crippen molar-refractivity contribution >= 4 is 11.6 Å². The molecule has 2 heterocycles. The van der Waals surface area contributed by atoms with Gasteiger partial charge in [-0.15, -0.1) is 0 Å². The van der Waals surface area contributed by atoms with Gasteiger partial charge in [0.05, 0.1) is 12.0 Å². The van der Waals surface area contributed by atoms with Gasteiger partial charge in [0, 0.05) is 23.7 Å². The molecule has 0 spiro atoms. The average molecular weight is 552 g/mol. The molecule has 0 radical (unpaired) electrons. The summed E-state index contributed by atoms with van der Waals surface area (Å²) in [7, 11) is 0. The van der Waals surface area contributed by atoms with Crippen LogP contribution >= 0.6 is 0 Å². The molecule has 5 aromatic rings.